The zero-order valence-corrected chi connectivity index (χ0v) is 13.0. The Morgan fingerprint density at radius 3 is 2.71 bits per heavy atom. The molecule has 0 aliphatic heterocycles. The monoisotopic (exact) mass is 296 g/mol. The molecule has 1 aromatic rings. The van der Waals surface area contributed by atoms with Crippen molar-refractivity contribution in [3.05, 3.63) is 11.9 Å². The zero-order valence-electron chi connectivity index (χ0n) is 13.0. The Kier molecular flexibility index (Phi) is 7.42. The van der Waals surface area contributed by atoms with Gasteiger partial charge in [0, 0.05) is 19.2 Å². The summed E-state index contributed by atoms with van der Waals surface area (Å²) in [4.78, 5) is 23.0. The second-order valence-corrected chi connectivity index (χ2v) is 4.83. The highest BCUT2D eigenvalue weighted by Crippen LogP contribution is 2.06. The predicted molar refractivity (Wildman–Crippen MR) is 77.9 cm³/mol. The number of Topliss-reactive ketones (excluding diaryl/α,β-unsaturated/α-hetero) is 1. The van der Waals surface area contributed by atoms with E-state index in [0.29, 0.717) is 12.8 Å². The third-order valence-corrected chi connectivity index (χ3v) is 3.29. The van der Waals surface area contributed by atoms with Gasteiger partial charge in [-0.1, -0.05) is 19.1 Å². The zero-order chi connectivity index (χ0) is 15.7. The number of carbonyl (C=O) groups is 2. The summed E-state index contributed by atoms with van der Waals surface area (Å²) < 4.78 is 6.35. The lowest BCUT2D eigenvalue weighted by Crippen LogP contribution is -2.40. The Morgan fingerprint density at radius 2 is 2.14 bits per heavy atom. The minimum Gasteiger partial charge on any atom is -0.453 e. The summed E-state index contributed by atoms with van der Waals surface area (Å²) in [5.41, 5.74) is 0.974. The maximum absolute atomic E-state index is 11.8. The van der Waals surface area contributed by atoms with Crippen LogP contribution in [0.5, 0.6) is 0 Å². The number of aromatic nitrogens is 3. The van der Waals surface area contributed by atoms with Crippen LogP contribution in [0.3, 0.4) is 0 Å². The first-order valence-electron chi connectivity index (χ1n) is 7.36. The molecular weight excluding hydrogens is 272 g/mol. The number of ether oxygens (including phenoxy) is 1. The van der Waals surface area contributed by atoms with E-state index in [1.807, 2.05) is 17.8 Å². The van der Waals surface area contributed by atoms with Crippen LogP contribution in [0.4, 0.5) is 4.79 Å². The molecule has 1 aromatic heterocycles. The molecule has 7 nitrogen and oxygen atoms in total. The molecule has 1 amide bonds. The van der Waals surface area contributed by atoms with E-state index < -0.39 is 12.1 Å². The standard InChI is InChI=1S/C14H24N4O3/c1-4-11-10-18(17-16-11)9-7-6-8-12(13(19)5-2)15-14(20)21-3/h10,12H,4-9H2,1-3H3,(H,15,20). The molecule has 1 unspecified atom stereocenters. The van der Waals surface area contributed by atoms with E-state index in [1.54, 1.807) is 6.92 Å². The first kappa shape index (κ1) is 17.1. The lowest BCUT2D eigenvalue weighted by atomic mass is 10.0. The number of nitrogens with zero attached hydrogens (tertiary/aromatic N) is 3. The molecule has 0 saturated carbocycles. The highest BCUT2D eigenvalue weighted by atomic mass is 16.5. The van der Waals surface area contributed by atoms with Crippen molar-refractivity contribution in [2.24, 2.45) is 0 Å². The molecule has 118 valence electrons. The summed E-state index contributed by atoms with van der Waals surface area (Å²) in [6, 6.07) is -0.468. The van der Waals surface area contributed by atoms with E-state index in [9.17, 15) is 9.59 Å². The van der Waals surface area contributed by atoms with Gasteiger partial charge in [-0.2, -0.15) is 0 Å². The number of hydrogen-bond acceptors (Lipinski definition) is 5. The lowest BCUT2D eigenvalue weighted by Gasteiger charge is -2.15. The average Bonchev–Trinajstić information content (AvgIpc) is 2.97. The molecule has 0 aromatic carbocycles. The van der Waals surface area contributed by atoms with Gasteiger partial charge in [0.15, 0.2) is 5.78 Å². The van der Waals surface area contributed by atoms with Crippen LogP contribution in [-0.4, -0.2) is 40.0 Å². The molecule has 21 heavy (non-hydrogen) atoms. The summed E-state index contributed by atoms with van der Waals surface area (Å²) in [6.07, 6.45) is 4.95. The number of hydrogen-bond donors (Lipinski definition) is 1. The minimum absolute atomic E-state index is 0.0226. The van der Waals surface area contributed by atoms with E-state index in [2.05, 4.69) is 20.4 Å². The Balaban J connectivity index is 2.35. The van der Waals surface area contributed by atoms with E-state index in [1.165, 1.54) is 7.11 Å². The number of carbonyl (C=O) groups excluding carboxylic acids is 2. The molecule has 0 fully saturated rings. The van der Waals surface area contributed by atoms with Crippen LogP contribution in [0, 0.1) is 0 Å². The Morgan fingerprint density at radius 1 is 1.38 bits per heavy atom. The van der Waals surface area contributed by atoms with E-state index in [4.69, 9.17) is 0 Å². The Hall–Kier alpha value is -1.92. The lowest BCUT2D eigenvalue weighted by molar-refractivity contribution is -0.120. The predicted octanol–water partition coefficient (Wildman–Crippen LogP) is 1.71. The molecule has 1 N–H and O–H groups in total. The van der Waals surface area contributed by atoms with Crippen molar-refractivity contribution >= 4 is 11.9 Å². The largest absolute Gasteiger partial charge is 0.453 e. The van der Waals surface area contributed by atoms with E-state index in [0.717, 1.165) is 31.5 Å². The number of amides is 1. The summed E-state index contributed by atoms with van der Waals surface area (Å²) in [6.45, 7) is 4.59. The number of ketones is 1. The van der Waals surface area contributed by atoms with Crippen LogP contribution < -0.4 is 5.32 Å². The van der Waals surface area contributed by atoms with Gasteiger partial charge in [0.25, 0.3) is 0 Å². The van der Waals surface area contributed by atoms with Gasteiger partial charge in [-0.05, 0) is 25.7 Å². The fourth-order valence-electron chi connectivity index (χ4n) is 1.99. The first-order valence-corrected chi connectivity index (χ1v) is 7.36. The van der Waals surface area contributed by atoms with Crippen molar-refractivity contribution in [2.75, 3.05) is 7.11 Å². The molecule has 7 heteroatoms. The number of aryl methyl sites for hydroxylation is 2. The summed E-state index contributed by atoms with van der Waals surface area (Å²) in [7, 11) is 1.29. The number of nitrogens with one attached hydrogen (secondary N) is 1. The highest BCUT2D eigenvalue weighted by Gasteiger charge is 2.18. The van der Waals surface area contributed by atoms with Gasteiger partial charge in [-0.25, -0.2) is 4.79 Å². The maximum Gasteiger partial charge on any atom is 0.407 e. The van der Waals surface area contributed by atoms with Crippen molar-refractivity contribution in [2.45, 2.75) is 58.5 Å². The molecule has 0 radical (unpaired) electrons. The molecule has 0 saturated heterocycles. The van der Waals surface area contributed by atoms with Crippen LogP contribution in [0.1, 0.15) is 45.2 Å². The fourth-order valence-corrected chi connectivity index (χ4v) is 1.99. The average molecular weight is 296 g/mol. The topological polar surface area (TPSA) is 86.1 Å². The molecule has 1 rings (SSSR count). The normalized spacial score (nSPS) is 12.0. The fraction of sp³-hybridized carbons (Fsp3) is 0.714. The molecule has 0 bridgehead atoms. The van der Waals surface area contributed by atoms with Gasteiger partial charge in [0.05, 0.1) is 18.8 Å². The number of alkyl carbamates (subject to hydrolysis) is 1. The smallest absolute Gasteiger partial charge is 0.407 e. The van der Waals surface area contributed by atoms with Crippen LogP contribution in [0.25, 0.3) is 0 Å². The Bertz CT molecular complexity index is 459. The summed E-state index contributed by atoms with van der Waals surface area (Å²) in [5, 5.41) is 10.6. The molecule has 0 aliphatic rings. The van der Waals surface area contributed by atoms with Gasteiger partial charge in [-0.15, -0.1) is 5.10 Å². The van der Waals surface area contributed by atoms with Gasteiger partial charge >= 0.3 is 6.09 Å². The van der Waals surface area contributed by atoms with Crippen molar-refractivity contribution in [1.82, 2.24) is 20.3 Å². The second kappa shape index (κ2) is 9.10. The van der Waals surface area contributed by atoms with E-state index >= 15 is 0 Å². The molecule has 0 spiro atoms. The minimum atomic E-state index is -0.564. The van der Waals surface area contributed by atoms with Crippen molar-refractivity contribution in [3.8, 4) is 0 Å². The number of unbranched alkanes of at least 4 members (excludes halogenated alkanes) is 1. The SMILES string of the molecule is CCC(=O)C(CCCCn1cc(CC)nn1)NC(=O)OC. The van der Waals surface area contributed by atoms with Crippen LogP contribution in [-0.2, 0) is 22.5 Å². The molecule has 1 atom stereocenters. The van der Waals surface area contributed by atoms with Gasteiger partial charge < -0.3 is 10.1 Å². The van der Waals surface area contributed by atoms with Crippen molar-refractivity contribution in [3.63, 3.8) is 0 Å². The van der Waals surface area contributed by atoms with Gasteiger partial charge in [-0.3, -0.25) is 9.48 Å². The van der Waals surface area contributed by atoms with Crippen molar-refractivity contribution < 1.29 is 14.3 Å². The van der Waals surface area contributed by atoms with Gasteiger partial charge in [0.1, 0.15) is 0 Å². The Labute approximate surface area is 125 Å². The molecular formula is C14H24N4O3. The van der Waals surface area contributed by atoms with Crippen LogP contribution >= 0.6 is 0 Å². The number of rotatable bonds is 9. The maximum atomic E-state index is 11.8. The van der Waals surface area contributed by atoms with Crippen LogP contribution in [0.2, 0.25) is 0 Å². The van der Waals surface area contributed by atoms with E-state index in [-0.39, 0.29) is 5.78 Å². The quantitative estimate of drug-likeness (QED) is 0.701. The first-order chi connectivity index (χ1) is 10.1. The number of methoxy groups -OCH3 is 1. The molecule has 1 heterocycles. The third kappa shape index (κ3) is 5.93. The molecule has 0 aliphatic carbocycles. The van der Waals surface area contributed by atoms with Gasteiger partial charge in [0.2, 0.25) is 0 Å². The van der Waals surface area contributed by atoms with Crippen LogP contribution in [0.15, 0.2) is 6.20 Å². The van der Waals surface area contributed by atoms with Crippen molar-refractivity contribution in [1.29, 1.82) is 0 Å². The third-order valence-electron chi connectivity index (χ3n) is 3.29. The second-order valence-electron chi connectivity index (χ2n) is 4.83. The summed E-state index contributed by atoms with van der Waals surface area (Å²) >= 11 is 0. The highest BCUT2D eigenvalue weighted by molar-refractivity contribution is 5.87. The summed E-state index contributed by atoms with van der Waals surface area (Å²) in [5.74, 6) is 0.0226.